The topological polar surface area (TPSA) is 55.1 Å². The number of carbonyl (C=O) groups is 1. The number of nitrogens with one attached hydrogen (secondary N) is 1. The second-order valence-corrected chi connectivity index (χ2v) is 7.02. The fourth-order valence-corrected chi connectivity index (χ4v) is 5.08. The summed E-state index contributed by atoms with van der Waals surface area (Å²) in [5, 5.41) is 3.27. The van der Waals surface area contributed by atoms with Crippen molar-refractivity contribution in [1.29, 1.82) is 0 Å². The summed E-state index contributed by atoms with van der Waals surface area (Å²) >= 11 is 0. The maximum atomic E-state index is 12.1. The highest BCUT2D eigenvalue weighted by Crippen LogP contribution is 2.58. The Kier molecular flexibility index (Phi) is 3.84. The molecule has 0 heterocycles. The molecule has 3 fully saturated rings. The molecule has 108 valence electrons. The smallest absolute Gasteiger partial charge is 0.237 e. The third kappa shape index (κ3) is 2.42. The van der Waals surface area contributed by atoms with E-state index in [2.05, 4.69) is 12.2 Å². The Hall–Kier alpha value is -0.570. The monoisotopic (exact) mass is 264 g/mol. The summed E-state index contributed by atoms with van der Waals surface area (Å²) < 4.78 is 0. The summed E-state index contributed by atoms with van der Waals surface area (Å²) in [4.78, 5) is 12.1. The molecule has 0 aromatic heterocycles. The molecule has 3 rings (SSSR count). The number of unbranched alkanes of at least 4 members (excludes halogenated alkanes) is 1. The van der Waals surface area contributed by atoms with Crippen molar-refractivity contribution in [2.45, 2.75) is 70.4 Å². The van der Waals surface area contributed by atoms with Gasteiger partial charge in [-0.3, -0.25) is 4.79 Å². The van der Waals surface area contributed by atoms with Crippen LogP contribution in [0.2, 0.25) is 0 Å². The molecule has 2 bridgehead atoms. The summed E-state index contributed by atoms with van der Waals surface area (Å²) in [5.74, 6) is 3.66. The van der Waals surface area contributed by atoms with Crippen LogP contribution < -0.4 is 11.1 Å². The Balaban J connectivity index is 1.53. The standard InChI is InChI=1S/C16H28N2O/c1-2-3-7-14(17)16(19)18-15-9-10-8-13(15)12-6-4-5-11(10)12/h10-15H,2-9,17H2,1H3,(H,18,19)/t10?,11?,12?,13?,14-,15?/m0/s1. The molecular formula is C16H28N2O. The van der Waals surface area contributed by atoms with Gasteiger partial charge in [0.1, 0.15) is 0 Å². The van der Waals surface area contributed by atoms with Crippen LogP contribution in [0.15, 0.2) is 0 Å². The normalized spacial score (nSPS) is 41.3. The number of amides is 1. The van der Waals surface area contributed by atoms with Crippen molar-refractivity contribution in [3.8, 4) is 0 Å². The van der Waals surface area contributed by atoms with E-state index in [1.807, 2.05) is 0 Å². The highest BCUT2D eigenvalue weighted by molar-refractivity contribution is 5.81. The van der Waals surface area contributed by atoms with E-state index in [9.17, 15) is 4.79 Å². The summed E-state index contributed by atoms with van der Waals surface area (Å²) in [7, 11) is 0. The van der Waals surface area contributed by atoms with Gasteiger partial charge in [0.2, 0.25) is 5.91 Å². The van der Waals surface area contributed by atoms with Crippen LogP contribution in [0, 0.1) is 23.7 Å². The Bertz CT molecular complexity index is 344. The van der Waals surface area contributed by atoms with Crippen molar-refractivity contribution >= 4 is 5.91 Å². The zero-order valence-electron chi connectivity index (χ0n) is 12.1. The maximum Gasteiger partial charge on any atom is 0.237 e. The van der Waals surface area contributed by atoms with Crippen LogP contribution in [0.4, 0.5) is 0 Å². The van der Waals surface area contributed by atoms with E-state index >= 15 is 0 Å². The lowest BCUT2D eigenvalue weighted by atomic mass is 9.79. The average molecular weight is 264 g/mol. The van der Waals surface area contributed by atoms with Gasteiger partial charge in [-0.1, -0.05) is 26.2 Å². The molecule has 1 amide bonds. The van der Waals surface area contributed by atoms with Crippen molar-refractivity contribution in [2.75, 3.05) is 0 Å². The van der Waals surface area contributed by atoms with Crippen LogP contribution in [0.5, 0.6) is 0 Å². The minimum absolute atomic E-state index is 0.0977. The predicted octanol–water partition coefficient (Wildman–Crippen LogP) is 2.44. The molecular weight excluding hydrogens is 236 g/mol. The zero-order valence-corrected chi connectivity index (χ0v) is 12.1. The Morgan fingerprint density at radius 2 is 2.05 bits per heavy atom. The first-order valence-electron chi connectivity index (χ1n) is 8.26. The van der Waals surface area contributed by atoms with Gasteiger partial charge in [-0.2, -0.15) is 0 Å². The van der Waals surface area contributed by atoms with Gasteiger partial charge < -0.3 is 11.1 Å². The predicted molar refractivity (Wildman–Crippen MR) is 76.5 cm³/mol. The van der Waals surface area contributed by atoms with Gasteiger partial charge in [-0.25, -0.2) is 0 Å². The Morgan fingerprint density at radius 3 is 2.84 bits per heavy atom. The lowest BCUT2D eigenvalue weighted by Gasteiger charge is -2.32. The SMILES string of the molecule is CCCC[C@H](N)C(=O)NC1CC2CC1C1CCCC21. The van der Waals surface area contributed by atoms with E-state index in [0.29, 0.717) is 6.04 Å². The molecule has 3 heteroatoms. The third-order valence-corrected chi connectivity index (χ3v) is 5.96. The van der Waals surface area contributed by atoms with Crippen LogP contribution >= 0.6 is 0 Å². The molecule has 0 spiro atoms. The fraction of sp³-hybridized carbons (Fsp3) is 0.938. The first kappa shape index (κ1) is 13.4. The Morgan fingerprint density at radius 1 is 1.26 bits per heavy atom. The second kappa shape index (κ2) is 5.43. The third-order valence-electron chi connectivity index (χ3n) is 5.96. The van der Waals surface area contributed by atoms with Gasteiger partial charge in [-0.05, 0) is 55.8 Å². The first-order valence-corrected chi connectivity index (χ1v) is 8.26. The van der Waals surface area contributed by atoms with E-state index in [0.717, 1.165) is 42.9 Å². The van der Waals surface area contributed by atoms with E-state index < -0.39 is 0 Å². The van der Waals surface area contributed by atoms with Gasteiger partial charge in [0.15, 0.2) is 0 Å². The minimum Gasteiger partial charge on any atom is -0.352 e. The summed E-state index contributed by atoms with van der Waals surface area (Å²) in [6, 6.07) is 0.142. The van der Waals surface area contributed by atoms with E-state index in [4.69, 9.17) is 5.73 Å². The van der Waals surface area contributed by atoms with Gasteiger partial charge in [-0.15, -0.1) is 0 Å². The number of nitrogens with two attached hydrogens (primary N) is 1. The molecule has 3 nitrogen and oxygen atoms in total. The van der Waals surface area contributed by atoms with E-state index in [-0.39, 0.29) is 11.9 Å². The van der Waals surface area contributed by atoms with Crippen molar-refractivity contribution in [3.63, 3.8) is 0 Å². The number of fused-ring (bicyclic) bond motifs is 5. The molecule has 3 N–H and O–H groups in total. The summed E-state index contributed by atoms with van der Waals surface area (Å²) in [6.45, 7) is 2.14. The number of carbonyl (C=O) groups excluding carboxylic acids is 1. The summed E-state index contributed by atoms with van der Waals surface area (Å²) in [5.41, 5.74) is 5.97. The van der Waals surface area contributed by atoms with Crippen molar-refractivity contribution in [2.24, 2.45) is 29.4 Å². The molecule has 0 aliphatic heterocycles. The largest absolute Gasteiger partial charge is 0.352 e. The molecule has 0 saturated heterocycles. The van der Waals surface area contributed by atoms with Gasteiger partial charge in [0.25, 0.3) is 0 Å². The van der Waals surface area contributed by atoms with Gasteiger partial charge >= 0.3 is 0 Å². The second-order valence-electron chi connectivity index (χ2n) is 7.02. The lowest BCUT2D eigenvalue weighted by molar-refractivity contribution is -0.123. The maximum absolute atomic E-state index is 12.1. The van der Waals surface area contributed by atoms with E-state index in [1.165, 1.54) is 32.1 Å². The molecule has 6 atom stereocenters. The number of hydrogen-bond donors (Lipinski definition) is 2. The molecule has 0 aromatic carbocycles. The molecule has 3 aliphatic rings. The molecule has 0 aromatic rings. The van der Waals surface area contributed by atoms with Crippen molar-refractivity contribution < 1.29 is 4.79 Å². The van der Waals surface area contributed by atoms with Gasteiger partial charge in [0, 0.05) is 6.04 Å². The van der Waals surface area contributed by atoms with E-state index in [1.54, 1.807) is 0 Å². The quantitative estimate of drug-likeness (QED) is 0.801. The number of hydrogen-bond acceptors (Lipinski definition) is 2. The number of rotatable bonds is 5. The molecule has 5 unspecified atom stereocenters. The zero-order chi connectivity index (χ0) is 13.4. The molecule has 3 aliphatic carbocycles. The van der Waals surface area contributed by atoms with Crippen molar-refractivity contribution in [3.05, 3.63) is 0 Å². The highest BCUT2D eigenvalue weighted by Gasteiger charge is 2.54. The average Bonchev–Trinajstić information content (AvgIpc) is 3.06. The van der Waals surface area contributed by atoms with Crippen LogP contribution in [0.1, 0.15) is 58.3 Å². The molecule has 19 heavy (non-hydrogen) atoms. The van der Waals surface area contributed by atoms with Crippen LogP contribution in [0.3, 0.4) is 0 Å². The molecule has 0 radical (unpaired) electrons. The first-order chi connectivity index (χ1) is 9.20. The van der Waals surface area contributed by atoms with Crippen LogP contribution in [-0.2, 0) is 4.79 Å². The highest BCUT2D eigenvalue weighted by atomic mass is 16.2. The minimum atomic E-state index is -0.293. The molecule has 3 saturated carbocycles. The van der Waals surface area contributed by atoms with Crippen LogP contribution in [0.25, 0.3) is 0 Å². The van der Waals surface area contributed by atoms with Gasteiger partial charge in [0.05, 0.1) is 6.04 Å². The lowest BCUT2D eigenvalue weighted by Crippen LogP contribution is -2.48. The fourth-order valence-electron chi connectivity index (χ4n) is 5.08. The van der Waals surface area contributed by atoms with Crippen LogP contribution in [-0.4, -0.2) is 18.0 Å². The Labute approximate surface area is 116 Å². The summed E-state index contributed by atoms with van der Waals surface area (Å²) in [6.07, 6.45) is 9.84. The van der Waals surface area contributed by atoms with Crippen molar-refractivity contribution in [1.82, 2.24) is 5.32 Å².